The zero-order chi connectivity index (χ0) is 20.6. The van der Waals surface area contributed by atoms with Gasteiger partial charge < -0.3 is 28.4 Å². The Balaban J connectivity index is 2.90. The fraction of sp³-hybridized carbons (Fsp3) is 0.765. The Morgan fingerprint density at radius 3 is 2.04 bits per heavy atom. The Bertz CT molecular complexity index is 546. The third kappa shape index (κ3) is 7.92. The molecule has 27 heavy (non-hydrogen) atoms. The Hall–Kier alpha value is -2.20. The zero-order valence-electron chi connectivity index (χ0n) is 16.1. The highest BCUT2D eigenvalue weighted by Gasteiger charge is 2.50. The summed E-state index contributed by atoms with van der Waals surface area (Å²) in [4.78, 5) is 45.6. The quantitative estimate of drug-likeness (QED) is 0.406. The van der Waals surface area contributed by atoms with Crippen molar-refractivity contribution < 1.29 is 47.6 Å². The van der Waals surface area contributed by atoms with Crippen molar-refractivity contribution >= 4 is 23.9 Å². The van der Waals surface area contributed by atoms with E-state index in [1.165, 1.54) is 20.8 Å². The van der Waals surface area contributed by atoms with Gasteiger partial charge in [0.05, 0.1) is 19.1 Å². The Morgan fingerprint density at radius 1 is 0.926 bits per heavy atom. The van der Waals surface area contributed by atoms with E-state index < -0.39 is 54.6 Å². The zero-order valence-corrected chi connectivity index (χ0v) is 16.1. The van der Waals surface area contributed by atoms with Gasteiger partial charge in [-0.1, -0.05) is 0 Å². The van der Waals surface area contributed by atoms with Gasteiger partial charge in [0.1, 0.15) is 12.7 Å². The van der Waals surface area contributed by atoms with Crippen LogP contribution in [-0.4, -0.2) is 67.8 Å². The van der Waals surface area contributed by atoms with E-state index in [0.717, 1.165) is 0 Å². The van der Waals surface area contributed by atoms with Crippen molar-refractivity contribution in [2.24, 2.45) is 0 Å². The molecule has 0 spiro atoms. The van der Waals surface area contributed by atoms with Crippen LogP contribution in [0.25, 0.3) is 0 Å². The lowest BCUT2D eigenvalue weighted by Gasteiger charge is -2.24. The molecule has 154 valence electrons. The number of rotatable bonds is 9. The molecule has 0 unspecified atom stereocenters. The molecule has 0 radical (unpaired) electrons. The summed E-state index contributed by atoms with van der Waals surface area (Å²) in [5.41, 5.74) is 0. The number of carbonyl (C=O) groups excluding carboxylic acids is 4. The molecule has 1 aliphatic heterocycles. The highest BCUT2D eigenvalue weighted by molar-refractivity contribution is 5.70. The third-order valence-electron chi connectivity index (χ3n) is 3.45. The molecule has 10 heteroatoms. The van der Waals surface area contributed by atoms with Gasteiger partial charge in [-0.2, -0.15) is 0 Å². The van der Waals surface area contributed by atoms with Crippen molar-refractivity contribution in [3.63, 3.8) is 0 Å². The molecule has 0 amide bonds. The van der Waals surface area contributed by atoms with Crippen LogP contribution in [-0.2, 0) is 47.6 Å². The van der Waals surface area contributed by atoms with Gasteiger partial charge in [0.2, 0.25) is 0 Å². The van der Waals surface area contributed by atoms with Crippen molar-refractivity contribution in [1.82, 2.24) is 0 Å². The summed E-state index contributed by atoms with van der Waals surface area (Å²) in [5, 5.41) is 0. The Labute approximate surface area is 157 Å². The molecule has 0 aromatic heterocycles. The minimum Gasteiger partial charge on any atom is -0.466 e. The smallest absolute Gasteiger partial charge is 0.308 e. The second-order valence-electron chi connectivity index (χ2n) is 5.95. The van der Waals surface area contributed by atoms with Gasteiger partial charge in [0.25, 0.3) is 0 Å². The first kappa shape index (κ1) is 22.8. The molecule has 0 aromatic rings. The Kier molecular flexibility index (Phi) is 9.16. The molecule has 1 saturated heterocycles. The van der Waals surface area contributed by atoms with E-state index in [-0.39, 0.29) is 19.6 Å². The van der Waals surface area contributed by atoms with E-state index in [2.05, 4.69) is 0 Å². The summed E-state index contributed by atoms with van der Waals surface area (Å²) in [7, 11) is 0. The molecule has 10 nitrogen and oxygen atoms in total. The largest absolute Gasteiger partial charge is 0.466 e. The summed E-state index contributed by atoms with van der Waals surface area (Å²) in [5.74, 6) is -2.28. The summed E-state index contributed by atoms with van der Waals surface area (Å²) in [6.45, 7) is 6.90. The van der Waals surface area contributed by atoms with Gasteiger partial charge in [-0.05, 0) is 13.8 Å². The van der Waals surface area contributed by atoms with Crippen LogP contribution in [0, 0.1) is 0 Å². The van der Waals surface area contributed by atoms with Crippen LogP contribution in [0.4, 0.5) is 0 Å². The lowest BCUT2D eigenvalue weighted by atomic mass is 10.1. The molecule has 0 N–H and O–H groups in total. The minimum atomic E-state index is -1.12. The fourth-order valence-electron chi connectivity index (χ4n) is 2.52. The Morgan fingerprint density at radius 2 is 1.52 bits per heavy atom. The van der Waals surface area contributed by atoms with Crippen LogP contribution in [0.3, 0.4) is 0 Å². The van der Waals surface area contributed by atoms with E-state index in [0.29, 0.717) is 0 Å². The van der Waals surface area contributed by atoms with Crippen molar-refractivity contribution in [2.75, 3.05) is 13.2 Å². The number of hydrogen-bond donors (Lipinski definition) is 0. The van der Waals surface area contributed by atoms with Gasteiger partial charge in [0, 0.05) is 20.8 Å². The summed E-state index contributed by atoms with van der Waals surface area (Å²) in [6, 6.07) is 0. The number of hydrogen-bond acceptors (Lipinski definition) is 10. The average molecular weight is 390 g/mol. The van der Waals surface area contributed by atoms with Crippen LogP contribution >= 0.6 is 0 Å². The second-order valence-corrected chi connectivity index (χ2v) is 5.95. The van der Waals surface area contributed by atoms with E-state index in [1.54, 1.807) is 13.8 Å². The molecule has 5 atom stereocenters. The number of carbonyl (C=O) groups is 4. The molecular formula is C17H26O10. The maximum atomic E-state index is 11.6. The van der Waals surface area contributed by atoms with Crippen molar-refractivity contribution in [3.8, 4) is 0 Å². The van der Waals surface area contributed by atoms with E-state index in [9.17, 15) is 19.2 Å². The van der Waals surface area contributed by atoms with Crippen LogP contribution in [0.5, 0.6) is 0 Å². The fourth-order valence-corrected chi connectivity index (χ4v) is 2.52. The molecule has 0 bridgehead atoms. The predicted molar refractivity (Wildman–Crippen MR) is 88.2 cm³/mol. The number of ether oxygens (including phenoxy) is 6. The van der Waals surface area contributed by atoms with E-state index in [1.807, 2.05) is 0 Å². The molecular weight excluding hydrogens is 364 g/mol. The third-order valence-corrected chi connectivity index (χ3v) is 3.45. The first-order valence-corrected chi connectivity index (χ1v) is 8.58. The molecule has 0 aromatic carbocycles. The lowest BCUT2D eigenvalue weighted by Crippen LogP contribution is -2.42. The topological polar surface area (TPSA) is 124 Å². The van der Waals surface area contributed by atoms with Crippen molar-refractivity contribution in [3.05, 3.63) is 0 Å². The van der Waals surface area contributed by atoms with Crippen LogP contribution in [0.1, 0.15) is 41.0 Å². The molecule has 1 heterocycles. The average Bonchev–Trinajstić information content (AvgIpc) is 2.81. The second kappa shape index (κ2) is 10.8. The van der Waals surface area contributed by atoms with Crippen LogP contribution in [0.2, 0.25) is 0 Å². The van der Waals surface area contributed by atoms with E-state index in [4.69, 9.17) is 28.4 Å². The summed E-state index contributed by atoms with van der Waals surface area (Å²) < 4.78 is 31.5. The van der Waals surface area contributed by atoms with Gasteiger partial charge in [0.15, 0.2) is 18.5 Å². The van der Waals surface area contributed by atoms with Crippen LogP contribution < -0.4 is 0 Å². The SMILES string of the molecule is CCOC(=O)C[C@@H](C)O[C@@H]1O[C@H](COC(C)=O)[C@@H](OC(C)=O)[C@H]1OC(C)=O. The van der Waals surface area contributed by atoms with Gasteiger partial charge in [-0.25, -0.2) is 0 Å². The molecule has 1 fully saturated rings. The molecule has 1 aliphatic rings. The highest BCUT2D eigenvalue weighted by Crippen LogP contribution is 2.29. The molecule has 0 aliphatic carbocycles. The lowest BCUT2D eigenvalue weighted by molar-refractivity contribution is -0.206. The van der Waals surface area contributed by atoms with Gasteiger partial charge in [-0.15, -0.1) is 0 Å². The van der Waals surface area contributed by atoms with Crippen LogP contribution in [0.15, 0.2) is 0 Å². The normalized spacial score (nSPS) is 25.4. The maximum absolute atomic E-state index is 11.6. The maximum Gasteiger partial charge on any atom is 0.308 e. The summed E-state index contributed by atoms with van der Waals surface area (Å²) >= 11 is 0. The molecule has 0 saturated carbocycles. The standard InChI is InChI=1S/C17H26O10/c1-6-22-14(21)7-9(2)24-17-16(26-12(5)20)15(25-11(4)19)13(27-17)8-23-10(3)18/h9,13,15-17H,6-8H2,1-5H3/t9-,13-,15-,16-,17-/m1/s1. The van der Waals surface area contributed by atoms with Gasteiger partial charge >= 0.3 is 23.9 Å². The van der Waals surface area contributed by atoms with E-state index >= 15 is 0 Å². The first-order chi connectivity index (χ1) is 12.6. The first-order valence-electron chi connectivity index (χ1n) is 8.58. The highest BCUT2D eigenvalue weighted by atomic mass is 16.7. The van der Waals surface area contributed by atoms with Gasteiger partial charge in [-0.3, -0.25) is 19.2 Å². The monoisotopic (exact) mass is 390 g/mol. The van der Waals surface area contributed by atoms with Crippen molar-refractivity contribution in [2.45, 2.75) is 71.7 Å². The number of esters is 4. The predicted octanol–water partition coefficient (Wildman–Crippen LogP) is 0.496. The molecule has 1 rings (SSSR count). The summed E-state index contributed by atoms with van der Waals surface area (Å²) in [6.07, 6.45) is -4.82. The minimum absolute atomic E-state index is 0.0483. The van der Waals surface area contributed by atoms with Crippen molar-refractivity contribution in [1.29, 1.82) is 0 Å².